The van der Waals surface area contributed by atoms with E-state index in [0.717, 1.165) is 0 Å². The van der Waals surface area contributed by atoms with Gasteiger partial charge in [0.05, 0.1) is 0 Å². The molecule has 0 aliphatic carbocycles. The summed E-state index contributed by atoms with van der Waals surface area (Å²) in [6.07, 6.45) is 1.45. The fraction of sp³-hybridized carbons (Fsp3) is 0.286. The third-order valence-electron chi connectivity index (χ3n) is 1.11. The third kappa shape index (κ3) is 2.42. The van der Waals surface area contributed by atoms with Crippen molar-refractivity contribution >= 4 is 15.9 Å². The van der Waals surface area contributed by atoms with Crippen molar-refractivity contribution < 1.29 is 14.2 Å². The molecule has 0 fully saturated rings. The van der Waals surface area contributed by atoms with E-state index in [2.05, 4.69) is 20.9 Å². The first-order valence-electron chi connectivity index (χ1n) is 3.32. The van der Waals surface area contributed by atoms with Crippen LogP contribution in [0.3, 0.4) is 0 Å². The number of hydrogen-bond donors (Lipinski definition) is 0. The minimum absolute atomic E-state index is 0.0505. The second kappa shape index (κ2) is 4.37. The molecule has 0 amide bonds. The molecule has 0 aromatic carbocycles. The number of pyridine rings is 1. The highest BCUT2D eigenvalue weighted by molar-refractivity contribution is 9.10. The molecule has 2 N–H and O–H groups in total. The molecule has 0 saturated heterocycles. The summed E-state index contributed by atoms with van der Waals surface area (Å²) < 4.78 is 18.3. The molecule has 66 valence electrons. The van der Waals surface area contributed by atoms with Crippen LogP contribution in [0.15, 0.2) is 16.7 Å². The molecule has 1 aromatic heterocycles. The maximum atomic E-state index is 12.9. The largest absolute Gasteiger partial charge is 0.467 e. The molecule has 3 nitrogen and oxygen atoms in total. The van der Waals surface area contributed by atoms with Gasteiger partial charge in [0.15, 0.2) is 19.0 Å². The van der Waals surface area contributed by atoms with Gasteiger partial charge in [-0.3, -0.25) is 0 Å². The molecule has 0 aliphatic heterocycles. The average Bonchev–Trinajstić information content (AvgIpc) is 2.03. The Hall–Kier alpha value is -0.680. The van der Waals surface area contributed by atoms with Crippen LogP contribution in [0.5, 0.6) is 5.88 Å². The second-order valence-electron chi connectivity index (χ2n) is 2.04. The van der Waals surface area contributed by atoms with Gasteiger partial charge in [0.2, 0.25) is 0 Å². The van der Waals surface area contributed by atoms with E-state index in [0.29, 0.717) is 4.47 Å². The number of aromatic nitrogens is 1. The monoisotopic (exact) mass is 236 g/mol. The van der Waals surface area contributed by atoms with E-state index in [1.807, 2.05) is 0 Å². The van der Waals surface area contributed by atoms with Crippen LogP contribution in [0, 0.1) is 5.82 Å². The van der Waals surface area contributed by atoms with Crippen LogP contribution in [0.1, 0.15) is 0 Å². The molecule has 12 heavy (non-hydrogen) atoms. The first-order valence-corrected chi connectivity index (χ1v) is 4.12. The van der Waals surface area contributed by atoms with Gasteiger partial charge in [0.25, 0.3) is 5.88 Å². The Morgan fingerprint density at radius 2 is 2.42 bits per heavy atom. The predicted octanol–water partition coefficient (Wildman–Crippen LogP) is 1.09. The number of ether oxygens (including phenoxy) is 1. The lowest BCUT2D eigenvalue weighted by Crippen LogP contribution is -2.04. The van der Waals surface area contributed by atoms with Crippen molar-refractivity contribution in [1.82, 2.24) is 4.98 Å². The van der Waals surface area contributed by atoms with E-state index in [1.165, 1.54) is 12.3 Å². The van der Waals surface area contributed by atoms with Gasteiger partial charge < -0.3 is 9.84 Å². The highest BCUT2D eigenvalue weighted by Gasteiger charge is 2.04. The Morgan fingerprint density at radius 3 is 3.00 bits per heavy atom. The number of nitrogens with zero attached hydrogens (tertiary/aromatic N) is 1. The molecule has 0 saturated carbocycles. The minimum atomic E-state index is -0.516. The molecule has 1 aromatic rings. The maximum Gasteiger partial charge on any atom is 0.250 e. The first kappa shape index (κ1) is 9.41. The normalized spacial score (nSPS) is 9.92. The maximum absolute atomic E-state index is 12.9. The Morgan fingerprint density at radius 1 is 1.67 bits per heavy atom. The van der Waals surface area contributed by atoms with Crippen molar-refractivity contribution in [2.24, 2.45) is 0 Å². The quantitative estimate of drug-likeness (QED) is 0.738. The second-order valence-corrected chi connectivity index (χ2v) is 2.95. The standard InChI is InChI=1S/C7H7BrFNO2/c8-5-3-6(9)7(10-4-5)12-2-1-11/h3-4,11H,1-2H2/p+1. The fourth-order valence-electron chi connectivity index (χ4n) is 0.656. The van der Waals surface area contributed by atoms with E-state index < -0.39 is 5.82 Å². The topological polar surface area (TPSA) is 45.0 Å². The van der Waals surface area contributed by atoms with E-state index in [1.54, 1.807) is 0 Å². The molecule has 5 heteroatoms. The van der Waals surface area contributed by atoms with Gasteiger partial charge in [-0.25, -0.2) is 9.37 Å². The molecule has 0 unspecified atom stereocenters. The zero-order valence-electron chi connectivity index (χ0n) is 6.18. The summed E-state index contributed by atoms with van der Waals surface area (Å²) in [5.41, 5.74) is 0. The summed E-state index contributed by atoms with van der Waals surface area (Å²) in [6, 6.07) is 1.27. The van der Waals surface area contributed by atoms with Gasteiger partial charge >= 0.3 is 0 Å². The summed E-state index contributed by atoms with van der Waals surface area (Å²) in [7, 11) is 0. The zero-order valence-corrected chi connectivity index (χ0v) is 7.77. The highest BCUT2D eigenvalue weighted by atomic mass is 79.9. The molecule has 1 rings (SSSR count). The van der Waals surface area contributed by atoms with Gasteiger partial charge in [0.1, 0.15) is 0 Å². The van der Waals surface area contributed by atoms with E-state index >= 15 is 0 Å². The van der Waals surface area contributed by atoms with Crippen molar-refractivity contribution in [2.45, 2.75) is 0 Å². The van der Waals surface area contributed by atoms with Gasteiger partial charge in [0, 0.05) is 10.7 Å². The summed E-state index contributed by atoms with van der Waals surface area (Å²) in [5, 5.41) is 6.78. The molecule has 0 aliphatic rings. The summed E-state index contributed by atoms with van der Waals surface area (Å²) in [4.78, 5) is 3.69. The first-order chi connectivity index (χ1) is 5.74. The van der Waals surface area contributed by atoms with Crippen LogP contribution < -0.4 is 4.74 Å². The summed E-state index contributed by atoms with van der Waals surface area (Å²) >= 11 is 3.07. The van der Waals surface area contributed by atoms with E-state index in [9.17, 15) is 4.39 Å². The van der Waals surface area contributed by atoms with Crippen molar-refractivity contribution in [1.29, 1.82) is 0 Å². The number of hydrogen-bond acceptors (Lipinski definition) is 2. The van der Waals surface area contributed by atoms with E-state index in [4.69, 9.17) is 9.84 Å². The van der Waals surface area contributed by atoms with Crippen molar-refractivity contribution in [3.63, 3.8) is 0 Å². The van der Waals surface area contributed by atoms with Gasteiger partial charge in [-0.1, -0.05) is 0 Å². The van der Waals surface area contributed by atoms with Crippen LogP contribution in [0.4, 0.5) is 4.39 Å². The molecular formula is C7H8BrFNO2+. The summed E-state index contributed by atoms with van der Waals surface area (Å²) in [5.74, 6) is -0.566. The van der Waals surface area contributed by atoms with Crippen molar-refractivity contribution in [2.75, 3.05) is 13.2 Å². The van der Waals surface area contributed by atoms with Gasteiger partial charge in [-0.15, -0.1) is 0 Å². The number of halogens is 2. The van der Waals surface area contributed by atoms with Gasteiger partial charge in [-0.05, 0) is 22.0 Å². The lowest BCUT2D eigenvalue weighted by atomic mass is 10.5. The van der Waals surface area contributed by atoms with Crippen LogP contribution in [-0.4, -0.2) is 23.3 Å². The van der Waals surface area contributed by atoms with Crippen molar-refractivity contribution in [3.8, 4) is 5.88 Å². The van der Waals surface area contributed by atoms with Crippen molar-refractivity contribution in [3.05, 3.63) is 22.6 Å². The Balaban J connectivity index is 2.72. The minimum Gasteiger partial charge on any atom is -0.467 e. The Labute approximate surface area is 77.3 Å². The summed E-state index contributed by atoms with van der Waals surface area (Å²) in [6.45, 7) is 0.253. The SMILES string of the molecule is [OH2+]CCOc1ncc(Br)cc1F. The smallest absolute Gasteiger partial charge is 0.250 e. The van der Waals surface area contributed by atoms with E-state index in [-0.39, 0.29) is 19.1 Å². The molecule has 1 heterocycles. The molecular weight excluding hydrogens is 229 g/mol. The van der Waals surface area contributed by atoms with Crippen LogP contribution in [0.25, 0.3) is 0 Å². The lowest BCUT2D eigenvalue weighted by Gasteiger charge is -2.02. The molecule has 0 radical (unpaired) electrons. The lowest BCUT2D eigenvalue weighted by molar-refractivity contribution is 0.191. The molecule has 0 spiro atoms. The Kier molecular flexibility index (Phi) is 3.43. The molecule has 0 bridgehead atoms. The highest BCUT2D eigenvalue weighted by Crippen LogP contribution is 2.17. The number of rotatable bonds is 3. The Bertz CT molecular complexity index is 270. The fourth-order valence-corrected chi connectivity index (χ4v) is 0.959. The average molecular weight is 237 g/mol. The predicted molar refractivity (Wildman–Crippen MR) is 45.9 cm³/mol. The van der Waals surface area contributed by atoms with Crippen LogP contribution >= 0.6 is 15.9 Å². The van der Waals surface area contributed by atoms with Gasteiger partial charge in [-0.2, -0.15) is 0 Å². The third-order valence-corrected chi connectivity index (χ3v) is 1.55. The molecule has 0 atom stereocenters. The van der Waals surface area contributed by atoms with Crippen LogP contribution in [-0.2, 0) is 0 Å². The zero-order chi connectivity index (χ0) is 8.97. The van der Waals surface area contributed by atoms with Crippen LogP contribution in [0.2, 0.25) is 0 Å².